The van der Waals surface area contributed by atoms with Crippen molar-refractivity contribution >= 4 is 33.2 Å². The summed E-state index contributed by atoms with van der Waals surface area (Å²) in [6.45, 7) is 6.15. The predicted octanol–water partition coefficient (Wildman–Crippen LogP) is 5.39. The summed E-state index contributed by atoms with van der Waals surface area (Å²) < 4.78 is 2.63. The topological polar surface area (TPSA) is 23.3 Å². The zero-order valence-corrected chi connectivity index (χ0v) is 17.3. The summed E-state index contributed by atoms with van der Waals surface area (Å²) in [5, 5.41) is 4.63. The lowest BCUT2D eigenvalue weighted by Gasteiger charge is -2.27. The van der Waals surface area contributed by atoms with E-state index in [1.165, 1.54) is 67.4 Å². The van der Waals surface area contributed by atoms with Crippen LogP contribution in [-0.4, -0.2) is 40.7 Å². The van der Waals surface area contributed by atoms with E-state index in [2.05, 4.69) is 58.0 Å². The van der Waals surface area contributed by atoms with Gasteiger partial charge in [0, 0.05) is 24.0 Å². The Kier molecular flexibility index (Phi) is 4.83. The molecule has 0 fully saturated rings. The van der Waals surface area contributed by atoms with E-state index in [4.69, 9.17) is 0 Å². The molecule has 5 rings (SSSR count). The molecule has 0 spiro atoms. The summed E-state index contributed by atoms with van der Waals surface area (Å²) in [6, 6.07) is 16.9. The SMILES string of the molecule is CC(=O)c1c2ccccc2c(CN2CCC[N+]3=C2CCCCC3)c2ccccc12. The zero-order valence-electron chi connectivity index (χ0n) is 17.3. The van der Waals surface area contributed by atoms with Gasteiger partial charge in [-0.15, -0.1) is 0 Å². The van der Waals surface area contributed by atoms with Crippen LogP contribution in [-0.2, 0) is 6.54 Å². The first kappa shape index (κ1) is 18.4. The molecule has 148 valence electrons. The zero-order chi connectivity index (χ0) is 19.8. The van der Waals surface area contributed by atoms with Crippen molar-refractivity contribution in [2.75, 3.05) is 19.6 Å². The molecule has 3 aromatic rings. The molecule has 0 aromatic heterocycles. The van der Waals surface area contributed by atoms with E-state index in [1.807, 2.05) is 0 Å². The van der Waals surface area contributed by atoms with E-state index in [1.54, 1.807) is 6.92 Å². The highest BCUT2D eigenvalue weighted by Crippen LogP contribution is 2.34. The first-order valence-electron chi connectivity index (χ1n) is 11.0. The minimum Gasteiger partial charge on any atom is -0.294 e. The van der Waals surface area contributed by atoms with E-state index in [0.717, 1.165) is 29.4 Å². The maximum atomic E-state index is 12.6. The molecule has 0 bridgehead atoms. The summed E-state index contributed by atoms with van der Waals surface area (Å²) >= 11 is 0. The summed E-state index contributed by atoms with van der Waals surface area (Å²) in [4.78, 5) is 15.2. The predicted molar refractivity (Wildman–Crippen MR) is 120 cm³/mol. The number of amidine groups is 1. The highest BCUT2D eigenvalue weighted by atomic mass is 16.1. The van der Waals surface area contributed by atoms with Crippen LogP contribution < -0.4 is 0 Å². The van der Waals surface area contributed by atoms with Crippen LogP contribution in [0.2, 0.25) is 0 Å². The highest BCUT2D eigenvalue weighted by Gasteiger charge is 2.30. The molecular formula is C26H29N2O+. The van der Waals surface area contributed by atoms with Gasteiger partial charge in [-0.3, -0.25) is 14.3 Å². The molecule has 2 aliphatic rings. The van der Waals surface area contributed by atoms with Gasteiger partial charge in [-0.05, 0) is 47.7 Å². The van der Waals surface area contributed by atoms with Crippen molar-refractivity contribution < 1.29 is 9.37 Å². The van der Waals surface area contributed by atoms with Gasteiger partial charge in [-0.25, -0.2) is 0 Å². The molecule has 3 heteroatoms. The van der Waals surface area contributed by atoms with Crippen LogP contribution in [0.5, 0.6) is 0 Å². The number of fused-ring (bicyclic) bond motifs is 2. The van der Waals surface area contributed by atoms with Crippen molar-refractivity contribution in [2.24, 2.45) is 0 Å². The summed E-state index contributed by atoms with van der Waals surface area (Å²) in [7, 11) is 0. The molecule has 0 aliphatic carbocycles. The number of benzene rings is 3. The maximum Gasteiger partial charge on any atom is 0.247 e. The molecular weight excluding hydrogens is 356 g/mol. The standard InChI is InChI=1S/C26H29N2O/c1-19(29)26-22-12-6-4-10-20(22)24(21-11-5-7-13-23(21)26)18-28-17-9-16-27-15-8-2-3-14-25(27)28/h4-7,10-13H,2-3,8-9,14-18H2,1H3/q+1. The third-order valence-corrected chi connectivity index (χ3v) is 6.66. The number of Topliss-reactive ketones (excluding diaryl/α,β-unsaturated/α-hetero) is 1. The van der Waals surface area contributed by atoms with Crippen molar-refractivity contribution in [3.05, 3.63) is 59.7 Å². The van der Waals surface area contributed by atoms with Crippen LogP contribution >= 0.6 is 0 Å². The van der Waals surface area contributed by atoms with Crippen molar-refractivity contribution in [3.63, 3.8) is 0 Å². The van der Waals surface area contributed by atoms with E-state index in [-0.39, 0.29) is 5.78 Å². The molecule has 3 nitrogen and oxygen atoms in total. The Labute approximate surface area is 172 Å². The van der Waals surface area contributed by atoms with Gasteiger partial charge in [0.2, 0.25) is 5.84 Å². The van der Waals surface area contributed by atoms with Crippen LogP contribution in [0.15, 0.2) is 48.5 Å². The third kappa shape index (κ3) is 3.23. The molecule has 0 amide bonds. The Bertz CT molecular complexity index is 1070. The van der Waals surface area contributed by atoms with Crippen molar-refractivity contribution in [2.45, 2.75) is 45.6 Å². The Hall–Kier alpha value is -2.68. The molecule has 2 aliphatic heterocycles. The molecule has 29 heavy (non-hydrogen) atoms. The average molecular weight is 386 g/mol. The van der Waals surface area contributed by atoms with Gasteiger partial charge in [0.05, 0.1) is 19.6 Å². The van der Waals surface area contributed by atoms with E-state index in [9.17, 15) is 4.79 Å². The fourth-order valence-corrected chi connectivity index (χ4v) is 5.36. The van der Waals surface area contributed by atoms with Gasteiger partial charge in [0.25, 0.3) is 0 Å². The van der Waals surface area contributed by atoms with Crippen LogP contribution in [0, 0.1) is 0 Å². The number of hydrogen-bond donors (Lipinski definition) is 0. The monoisotopic (exact) mass is 385 g/mol. The van der Waals surface area contributed by atoms with Gasteiger partial charge in [-0.1, -0.05) is 48.5 Å². The largest absolute Gasteiger partial charge is 0.294 e. The highest BCUT2D eigenvalue weighted by molar-refractivity contribution is 6.19. The minimum atomic E-state index is 0.145. The fraction of sp³-hybridized carbons (Fsp3) is 0.385. The number of hydrogen-bond acceptors (Lipinski definition) is 2. The number of nitrogens with zero attached hydrogens (tertiary/aromatic N) is 2. The second kappa shape index (κ2) is 7.62. The van der Waals surface area contributed by atoms with E-state index in [0.29, 0.717) is 0 Å². The lowest BCUT2D eigenvalue weighted by atomic mass is 9.90. The van der Waals surface area contributed by atoms with Crippen LogP contribution in [0.25, 0.3) is 21.5 Å². The molecule has 0 saturated heterocycles. The lowest BCUT2D eigenvalue weighted by Crippen LogP contribution is -2.43. The van der Waals surface area contributed by atoms with Crippen molar-refractivity contribution in [1.82, 2.24) is 4.90 Å². The summed E-state index contributed by atoms with van der Waals surface area (Å²) in [6.07, 6.45) is 6.38. The Morgan fingerprint density at radius 2 is 1.48 bits per heavy atom. The Morgan fingerprint density at radius 1 is 0.862 bits per heavy atom. The number of carbonyl (C=O) groups excluding carboxylic acids is 1. The quantitative estimate of drug-likeness (QED) is 0.343. The fourth-order valence-electron chi connectivity index (χ4n) is 5.36. The van der Waals surface area contributed by atoms with Crippen LogP contribution in [0.4, 0.5) is 0 Å². The van der Waals surface area contributed by atoms with Gasteiger partial charge >= 0.3 is 0 Å². The average Bonchev–Trinajstić information content (AvgIpc) is 2.99. The summed E-state index contributed by atoms with van der Waals surface area (Å²) in [5.41, 5.74) is 2.22. The molecule has 0 N–H and O–H groups in total. The molecule has 3 aromatic carbocycles. The normalized spacial score (nSPS) is 17.5. The first-order valence-corrected chi connectivity index (χ1v) is 11.0. The van der Waals surface area contributed by atoms with Crippen molar-refractivity contribution in [3.8, 4) is 0 Å². The Morgan fingerprint density at radius 3 is 2.14 bits per heavy atom. The second-order valence-electron chi connectivity index (χ2n) is 8.49. The molecule has 0 atom stereocenters. The maximum absolute atomic E-state index is 12.6. The summed E-state index contributed by atoms with van der Waals surface area (Å²) in [5.74, 6) is 1.68. The van der Waals surface area contributed by atoms with Gasteiger partial charge in [0.1, 0.15) is 6.54 Å². The smallest absolute Gasteiger partial charge is 0.247 e. The molecule has 0 unspecified atom stereocenters. The van der Waals surface area contributed by atoms with Crippen LogP contribution in [0.1, 0.15) is 54.9 Å². The molecule has 0 saturated carbocycles. The number of ketones is 1. The van der Waals surface area contributed by atoms with E-state index < -0.39 is 0 Å². The molecule has 2 heterocycles. The first-order chi connectivity index (χ1) is 14.2. The number of carbonyl (C=O) groups is 1. The minimum absolute atomic E-state index is 0.145. The van der Waals surface area contributed by atoms with Gasteiger partial charge in [-0.2, -0.15) is 0 Å². The van der Waals surface area contributed by atoms with Crippen LogP contribution in [0.3, 0.4) is 0 Å². The van der Waals surface area contributed by atoms with Gasteiger partial charge in [0.15, 0.2) is 5.78 Å². The van der Waals surface area contributed by atoms with Gasteiger partial charge < -0.3 is 0 Å². The second-order valence-corrected chi connectivity index (χ2v) is 8.49. The van der Waals surface area contributed by atoms with Crippen molar-refractivity contribution in [1.29, 1.82) is 0 Å². The third-order valence-electron chi connectivity index (χ3n) is 6.66. The number of rotatable bonds is 3. The Balaban J connectivity index is 1.70. The van der Waals surface area contributed by atoms with E-state index >= 15 is 0 Å². The molecule has 0 radical (unpaired) electrons. The lowest BCUT2D eigenvalue weighted by molar-refractivity contribution is -0.539.